The molecule has 0 radical (unpaired) electrons. The maximum atomic E-state index is 6.62. The van der Waals surface area contributed by atoms with Gasteiger partial charge in [0, 0.05) is 23.3 Å². The van der Waals surface area contributed by atoms with Gasteiger partial charge in [0.25, 0.3) is 0 Å². The van der Waals surface area contributed by atoms with Gasteiger partial charge in [-0.15, -0.1) is 0 Å². The van der Waals surface area contributed by atoms with E-state index in [0.717, 1.165) is 34.0 Å². The van der Waals surface area contributed by atoms with E-state index < -0.39 is 0 Å². The Hall–Kier alpha value is -2.86. The van der Waals surface area contributed by atoms with Gasteiger partial charge in [-0.2, -0.15) is 0 Å². The molecule has 3 heterocycles. The number of nitrogens with zero attached hydrogens (tertiary/aromatic N) is 3. The molecule has 1 N–H and O–H groups in total. The fourth-order valence-corrected chi connectivity index (χ4v) is 5.58. The minimum atomic E-state index is -0.113. The number of halogens is 2. The van der Waals surface area contributed by atoms with Gasteiger partial charge in [0.15, 0.2) is 5.11 Å². The molecule has 1 aliphatic heterocycles. The molecule has 172 valence electrons. The predicted molar refractivity (Wildman–Crippen MR) is 144 cm³/mol. The second kappa shape index (κ2) is 9.06. The Balaban J connectivity index is 1.71. The molecule has 0 amide bonds. The minimum absolute atomic E-state index is 0.0953. The van der Waals surface area contributed by atoms with Crippen LogP contribution < -0.4 is 10.2 Å². The van der Waals surface area contributed by atoms with Crippen molar-refractivity contribution in [1.82, 2.24) is 14.9 Å². The fourth-order valence-electron chi connectivity index (χ4n) is 4.85. The Morgan fingerprint density at radius 1 is 0.941 bits per heavy atom. The van der Waals surface area contributed by atoms with Crippen LogP contribution in [0.25, 0.3) is 5.69 Å². The van der Waals surface area contributed by atoms with Crippen molar-refractivity contribution < 1.29 is 0 Å². The van der Waals surface area contributed by atoms with Gasteiger partial charge in [-0.05, 0) is 86.6 Å². The number of aryl methyl sites for hydroxylation is 2. The zero-order chi connectivity index (χ0) is 24.0. The molecule has 2 atom stereocenters. The summed E-state index contributed by atoms with van der Waals surface area (Å²) in [4.78, 5) is 6.87. The number of rotatable bonds is 4. The maximum Gasteiger partial charge on any atom is 0.174 e. The molecule has 1 aliphatic rings. The number of thiocarbonyl (C=S) groups is 1. The summed E-state index contributed by atoms with van der Waals surface area (Å²) >= 11 is 18.9. The molecule has 7 heteroatoms. The molecule has 4 nitrogen and oxygen atoms in total. The number of hydrogen-bond donors (Lipinski definition) is 1. The van der Waals surface area contributed by atoms with Crippen molar-refractivity contribution in [1.29, 1.82) is 0 Å². The molecule has 0 aliphatic carbocycles. The van der Waals surface area contributed by atoms with Gasteiger partial charge in [0.05, 0.1) is 33.5 Å². The van der Waals surface area contributed by atoms with E-state index in [-0.39, 0.29) is 12.1 Å². The molecule has 4 aromatic rings. The van der Waals surface area contributed by atoms with Crippen LogP contribution in [0.1, 0.15) is 40.3 Å². The van der Waals surface area contributed by atoms with Gasteiger partial charge in [-0.3, -0.25) is 4.98 Å². The Morgan fingerprint density at radius 3 is 2.47 bits per heavy atom. The summed E-state index contributed by atoms with van der Waals surface area (Å²) in [6, 6.07) is 22.1. The van der Waals surface area contributed by atoms with E-state index in [1.54, 1.807) is 6.07 Å². The molecule has 34 heavy (non-hydrogen) atoms. The molecule has 2 aromatic heterocycles. The van der Waals surface area contributed by atoms with E-state index in [2.05, 4.69) is 70.9 Å². The Kier molecular flexibility index (Phi) is 6.11. The van der Waals surface area contributed by atoms with Crippen LogP contribution in [-0.2, 0) is 0 Å². The monoisotopic (exact) mass is 506 g/mol. The third-order valence-electron chi connectivity index (χ3n) is 6.34. The predicted octanol–water partition coefficient (Wildman–Crippen LogP) is 7.28. The quantitative estimate of drug-likeness (QED) is 0.294. The number of pyridine rings is 1. The lowest BCUT2D eigenvalue weighted by molar-refractivity contribution is 0.565. The van der Waals surface area contributed by atoms with Gasteiger partial charge in [-0.25, -0.2) is 0 Å². The molecule has 5 rings (SSSR count). The first-order chi connectivity index (χ1) is 16.4. The van der Waals surface area contributed by atoms with Crippen LogP contribution in [0.3, 0.4) is 0 Å². The van der Waals surface area contributed by atoms with Crippen LogP contribution in [0, 0.1) is 20.8 Å². The van der Waals surface area contributed by atoms with Crippen molar-refractivity contribution in [3.8, 4) is 5.69 Å². The number of hydrogen-bond acceptors (Lipinski definition) is 2. The molecule has 0 bridgehead atoms. The van der Waals surface area contributed by atoms with E-state index in [1.807, 2.05) is 36.5 Å². The first-order valence-electron chi connectivity index (χ1n) is 11.1. The Labute approximate surface area is 215 Å². The summed E-state index contributed by atoms with van der Waals surface area (Å²) in [6.07, 6.45) is 1.82. The zero-order valence-electron chi connectivity index (χ0n) is 19.1. The third-order valence-corrected chi connectivity index (χ3v) is 7.46. The van der Waals surface area contributed by atoms with Gasteiger partial charge in [0.2, 0.25) is 0 Å². The van der Waals surface area contributed by atoms with Gasteiger partial charge >= 0.3 is 0 Å². The molecular formula is C27H24Cl2N4S. The van der Waals surface area contributed by atoms with Gasteiger partial charge in [-0.1, -0.05) is 47.5 Å². The smallest absolute Gasteiger partial charge is 0.174 e. The zero-order valence-corrected chi connectivity index (χ0v) is 21.4. The van der Waals surface area contributed by atoms with Crippen molar-refractivity contribution in [2.75, 3.05) is 4.90 Å². The van der Waals surface area contributed by atoms with Crippen LogP contribution in [-0.4, -0.2) is 14.7 Å². The molecule has 1 saturated heterocycles. The van der Waals surface area contributed by atoms with Gasteiger partial charge in [0.1, 0.15) is 0 Å². The molecular weight excluding hydrogens is 483 g/mol. The lowest BCUT2D eigenvalue weighted by Gasteiger charge is -2.28. The summed E-state index contributed by atoms with van der Waals surface area (Å²) in [5, 5.41) is 5.29. The van der Waals surface area contributed by atoms with Crippen molar-refractivity contribution in [2.24, 2.45) is 0 Å². The molecule has 0 saturated carbocycles. The average Bonchev–Trinajstić information content (AvgIpc) is 3.32. The molecule has 2 aromatic carbocycles. The molecule has 0 unspecified atom stereocenters. The lowest BCUT2D eigenvalue weighted by atomic mass is 9.96. The number of nitrogens with one attached hydrogen (secondary N) is 1. The average molecular weight is 507 g/mol. The first-order valence-corrected chi connectivity index (χ1v) is 12.2. The van der Waals surface area contributed by atoms with E-state index in [0.29, 0.717) is 15.2 Å². The van der Waals surface area contributed by atoms with E-state index in [1.165, 1.54) is 5.56 Å². The topological polar surface area (TPSA) is 33.1 Å². The second-order valence-electron chi connectivity index (χ2n) is 8.57. The normalized spacial score (nSPS) is 17.8. The number of benzene rings is 2. The van der Waals surface area contributed by atoms with E-state index >= 15 is 0 Å². The van der Waals surface area contributed by atoms with Crippen LogP contribution in [0.5, 0.6) is 0 Å². The minimum Gasteiger partial charge on any atom is -0.351 e. The van der Waals surface area contributed by atoms with Crippen molar-refractivity contribution in [3.05, 3.63) is 111 Å². The first kappa shape index (κ1) is 22.9. The van der Waals surface area contributed by atoms with Crippen molar-refractivity contribution in [2.45, 2.75) is 32.9 Å². The highest BCUT2D eigenvalue weighted by molar-refractivity contribution is 7.80. The molecule has 1 fully saturated rings. The SMILES string of the molecule is Cc1cccc(N2C(=S)N[C@H](c3ccccn3)[C@@H]2c2cc(C)n(-c3cccc(Cl)c3Cl)c2C)c1. The maximum absolute atomic E-state index is 6.62. The molecule has 0 spiro atoms. The summed E-state index contributed by atoms with van der Waals surface area (Å²) in [7, 11) is 0. The largest absolute Gasteiger partial charge is 0.351 e. The summed E-state index contributed by atoms with van der Waals surface area (Å²) in [5.41, 5.74) is 7.33. The van der Waals surface area contributed by atoms with Gasteiger partial charge < -0.3 is 14.8 Å². The Morgan fingerprint density at radius 2 is 1.74 bits per heavy atom. The number of aromatic nitrogens is 2. The Bertz CT molecular complexity index is 1380. The van der Waals surface area contributed by atoms with Crippen molar-refractivity contribution >= 4 is 46.2 Å². The summed E-state index contributed by atoms with van der Waals surface area (Å²) in [5.74, 6) is 0. The standard InChI is InChI=1S/C27H24Cl2N4S/c1-16-8-6-9-19(14-16)33-26(25(31-27(33)34)22-11-4-5-13-30-22)20-15-17(2)32(18(20)3)23-12-7-10-21(28)24(23)29/h4-15,25-26H,1-3H3,(H,31,34)/t25-,26+/m1/s1. The second-order valence-corrected chi connectivity index (χ2v) is 9.74. The van der Waals surface area contributed by atoms with Crippen LogP contribution in [0.15, 0.2) is 72.9 Å². The van der Waals surface area contributed by atoms with Crippen LogP contribution in [0.4, 0.5) is 5.69 Å². The summed E-state index contributed by atoms with van der Waals surface area (Å²) in [6.45, 7) is 6.29. The number of anilines is 1. The van der Waals surface area contributed by atoms with Crippen molar-refractivity contribution in [3.63, 3.8) is 0 Å². The fraction of sp³-hybridized carbons (Fsp3) is 0.185. The highest BCUT2D eigenvalue weighted by Gasteiger charge is 2.42. The highest BCUT2D eigenvalue weighted by atomic mass is 35.5. The van der Waals surface area contributed by atoms with Crippen LogP contribution >= 0.6 is 35.4 Å². The van der Waals surface area contributed by atoms with Crippen LogP contribution in [0.2, 0.25) is 10.0 Å². The summed E-state index contributed by atoms with van der Waals surface area (Å²) < 4.78 is 2.16. The lowest BCUT2D eigenvalue weighted by Crippen LogP contribution is -2.29. The van der Waals surface area contributed by atoms with E-state index in [4.69, 9.17) is 35.4 Å². The van der Waals surface area contributed by atoms with E-state index in [9.17, 15) is 0 Å². The highest BCUT2D eigenvalue weighted by Crippen LogP contribution is 2.44. The third kappa shape index (κ3) is 3.88.